The normalized spacial score (nSPS) is 19.8. The molecule has 100 valence electrons. The van der Waals surface area contributed by atoms with E-state index in [4.69, 9.17) is 11.6 Å². The lowest BCUT2D eigenvalue weighted by Gasteiger charge is -2.36. The molecule has 0 saturated carbocycles. The summed E-state index contributed by atoms with van der Waals surface area (Å²) in [6.45, 7) is 3.64. The number of thioether (sulfide) groups is 1. The molecule has 1 aromatic carbocycles. The van der Waals surface area contributed by atoms with Gasteiger partial charge < -0.3 is 9.80 Å². The topological polar surface area (TPSA) is 35.9 Å². The van der Waals surface area contributed by atoms with Gasteiger partial charge in [-0.05, 0) is 18.2 Å². The lowest BCUT2D eigenvalue weighted by molar-refractivity contribution is -0.115. The van der Waals surface area contributed by atoms with Gasteiger partial charge in [0.15, 0.2) is 5.17 Å². The van der Waals surface area contributed by atoms with Gasteiger partial charge in [-0.1, -0.05) is 29.4 Å². The molecule has 6 heteroatoms. The number of rotatable bonds is 1. The number of piperazine rings is 1. The number of anilines is 1. The minimum Gasteiger partial charge on any atom is -0.368 e. The Morgan fingerprint density at radius 1 is 1.16 bits per heavy atom. The van der Waals surface area contributed by atoms with Crippen molar-refractivity contribution >= 4 is 40.1 Å². The Hall–Kier alpha value is -1.20. The third-order valence-electron chi connectivity index (χ3n) is 3.27. The molecule has 3 rings (SSSR count). The summed E-state index contributed by atoms with van der Waals surface area (Å²) in [5.41, 5.74) is 1.16. The molecular weight excluding hydrogens is 282 g/mol. The second kappa shape index (κ2) is 5.43. The van der Waals surface area contributed by atoms with E-state index in [-0.39, 0.29) is 5.91 Å². The smallest absolute Gasteiger partial charge is 0.258 e. The minimum atomic E-state index is -0.0164. The quantitative estimate of drug-likeness (QED) is 0.795. The van der Waals surface area contributed by atoms with Gasteiger partial charge in [0.25, 0.3) is 5.91 Å². The van der Waals surface area contributed by atoms with Crippen LogP contribution in [0.3, 0.4) is 0 Å². The van der Waals surface area contributed by atoms with E-state index in [1.165, 1.54) is 0 Å². The number of benzene rings is 1. The Morgan fingerprint density at radius 3 is 2.53 bits per heavy atom. The van der Waals surface area contributed by atoms with Crippen LogP contribution in [0.25, 0.3) is 0 Å². The summed E-state index contributed by atoms with van der Waals surface area (Å²) >= 11 is 7.56. The first-order valence-corrected chi connectivity index (χ1v) is 7.58. The van der Waals surface area contributed by atoms with Crippen LogP contribution in [0.15, 0.2) is 29.3 Å². The van der Waals surface area contributed by atoms with E-state index in [1.54, 1.807) is 11.8 Å². The average molecular weight is 296 g/mol. The second-order valence-electron chi connectivity index (χ2n) is 4.53. The zero-order valence-electron chi connectivity index (χ0n) is 10.4. The lowest BCUT2D eigenvalue weighted by atomic mass is 10.2. The fourth-order valence-electron chi connectivity index (χ4n) is 2.29. The van der Waals surface area contributed by atoms with Gasteiger partial charge in [0.05, 0.1) is 5.75 Å². The molecule has 0 bridgehead atoms. The van der Waals surface area contributed by atoms with Crippen LogP contribution < -0.4 is 4.90 Å². The Kier molecular flexibility index (Phi) is 3.66. The molecule has 0 aliphatic carbocycles. The third-order valence-corrected chi connectivity index (χ3v) is 4.50. The fourth-order valence-corrected chi connectivity index (χ4v) is 3.32. The molecule has 1 aromatic rings. The highest BCUT2D eigenvalue weighted by molar-refractivity contribution is 8.14. The molecule has 2 heterocycles. The van der Waals surface area contributed by atoms with Gasteiger partial charge in [-0.25, -0.2) is 0 Å². The van der Waals surface area contributed by atoms with Crippen molar-refractivity contribution < 1.29 is 4.79 Å². The largest absolute Gasteiger partial charge is 0.368 e. The molecule has 1 fully saturated rings. The first kappa shape index (κ1) is 12.8. The lowest BCUT2D eigenvalue weighted by Crippen LogP contribution is -2.47. The highest BCUT2D eigenvalue weighted by Crippen LogP contribution is 2.23. The highest BCUT2D eigenvalue weighted by atomic mass is 35.5. The monoisotopic (exact) mass is 295 g/mol. The number of carbonyl (C=O) groups excluding carboxylic acids is 1. The molecule has 0 unspecified atom stereocenters. The maximum absolute atomic E-state index is 11.2. The molecule has 0 spiro atoms. The van der Waals surface area contributed by atoms with E-state index in [0.717, 1.165) is 42.1 Å². The Labute approximate surface area is 121 Å². The van der Waals surface area contributed by atoms with Crippen LogP contribution in [-0.2, 0) is 4.79 Å². The predicted molar refractivity (Wildman–Crippen MR) is 80.1 cm³/mol. The second-order valence-corrected chi connectivity index (χ2v) is 5.91. The first-order chi connectivity index (χ1) is 9.22. The molecule has 1 amide bonds. The van der Waals surface area contributed by atoms with E-state index in [1.807, 2.05) is 18.2 Å². The van der Waals surface area contributed by atoms with Crippen molar-refractivity contribution in [2.75, 3.05) is 36.8 Å². The Balaban J connectivity index is 1.63. The fraction of sp³-hybridized carbons (Fsp3) is 0.385. The third kappa shape index (κ3) is 2.87. The van der Waals surface area contributed by atoms with Gasteiger partial charge in [0, 0.05) is 36.9 Å². The summed E-state index contributed by atoms with van der Waals surface area (Å²) in [6.07, 6.45) is 0. The standard InChI is InChI=1S/C13H14ClN3OS/c14-10-2-1-3-11(8-10)16-4-6-17(7-5-16)13-15-12(18)9-19-13/h1-3,8H,4-7,9H2. The number of amides is 1. The van der Waals surface area contributed by atoms with E-state index in [0.29, 0.717) is 5.75 Å². The number of nitrogens with zero attached hydrogens (tertiary/aromatic N) is 3. The SMILES string of the molecule is O=C1CSC(N2CCN(c3cccc(Cl)c3)CC2)=N1. The number of hydrogen-bond donors (Lipinski definition) is 0. The molecule has 19 heavy (non-hydrogen) atoms. The van der Waals surface area contributed by atoms with Crippen LogP contribution in [0.1, 0.15) is 0 Å². The number of hydrogen-bond acceptors (Lipinski definition) is 4. The highest BCUT2D eigenvalue weighted by Gasteiger charge is 2.24. The summed E-state index contributed by atoms with van der Waals surface area (Å²) in [4.78, 5) is 19.7. The Morgan fingerprint density at radius 2 is 1.89 bits per heavy atom. The maximum Gasteiger partial charge on any atom is 0.258 e. The van der Waals surface area contributed by atoms with E-state index >= 15 is 0 Å². The van der Waals surface area contributed by atoms with Gasteiger partial charge in [-0.2, -0.15) is 4.99 Å². The van der Waals surface area contributed by atoms with E-state index < -0.39 is 0 Å². The maximum atomic E-state index is 11.2. The summed E-state index contributed by atoms with van der Waals surface area (Å²) in [7, 11) is 0. The van der Waals surface area contributed by atoms with Crippen molar-refractivity contribution in [3.63, 3.8) is 0 Å². The van der Waals surface area contributed by atoms with Crippen molar-refractivity contribution in [3.05, 3.63) is 29.3 Å². The van der Waals surface area contributed by atoms with Crippen LogP contribution in [0.5, 0.6) is 0 Å². The predicted octanol–water partition coefficient (Wildman–Crippen LogP) is 2.09. The minimum absolute atomic E-state index is 0.0164. The van der Waals surface area contributed by atoms with Crippen LogP contribution in [0, 0.1) is 0 Å². The summed E-state index contributed by atoms with van der Waals surface area (Å²) in [5.74, 6) is 0.474. The molecule has 0 radical (unpaired) electrons. The van der Waals surface area contributed by atoms with Gasteiger partial charge in [-0.3, -0.25) is 4.79 Å². The van der Waals surface area contributed by atoms with E-state index in [2.05, 4.69) is 20.9 Å². The van der Waals surface area contributed by atoms with Crippen LogP contribution >= 0.6 is 23.4 Å². The molecular formula is C13H14ClN3OS. The van der Waals surface area contributed by atoms with Gasteiger partial charge >= 0.3 is 0 Å². The molecule has 4 nitrogen and oxygen atoms in total. The number of amidine groups is 1. The number of halogens is 1. The number of aliphatic imine (C=N–C) groups is 1. The van der Waals surface area contributed by atoms with Gasteiger partial charge in [0.1, 0.15) is 0 Å². The van der Waals surface area contributed by atoms with Crippen molar-refractivity contribution in [3.8, 4) is 0 Å². The van der Waals surface area contributed by atoms with Gasteiger partial charge in [0.2, 0.25) is 0 Å². The van der Waals surface area contributed by atoms with Crippen molar-refractivity contribution in [1.82, 2.24) is 4.90 Å². The first-order valence-electron chi connectivity index (χ1n) is 6.22. The molecule has 0 atom stereocenters. The molecule has 2 aliphatic heterocycles. The summed E-state index contributed by atoms with van der Waals surface area (Å²) in [5, 5.41) is 1.65. The van der Waals surface area contributed by atoms with Crippen molar-refractivity contribution in [2.45, 2.75) is 0 Å². The molecule has 1 saturated heterocycles. The summed E-state index contributed by atoms with van der Waals surface area (Å²) < 4.78 is 0. The van der Waals surface area contributed by atoms with Crippen molar-refractivity contribution in [2.24, 2.45) is 4.99 Å². The van der Waals surface area contributed by atoms with Crippen LogP contribution in [0.2, 0.25) is 5.02 Å². The zero-order valence-corrected chi connectivity index (χ0v) is 12.0. The average Bonchev–Trinajstić information content (AvgIpc) is 2.86. The molecule has 2 aliphatic rings. The zero-order chi connectivity index (χ0) is 13.2. The van der Waals surface area contributed by atoms with Crippen LogP contribution in [-0.4, -0.2) is 47.9 Å². The summed E-state index contributed by atoms with van der Waals surface area (Å²) in [6, 6.07) is 7.92. The molecule has 0 N–H and O–H groups in total. The van der Waals surface area contributed by atoms with E-state index in [9.17, 15) is 4.79 Å². The molecule has 0 aromatic heterocycles. The Bertz CT molecular complexity index is 526. The van der Waals surface area contributed by atoms with Crippen molar-refractivity contribution in [1.29, 1.82) is 0 Å². The van der Waals surface area contributed by atoms with Gasteiger partial charge in [-0.15, -0.1) is 0 Å². The number of carbonyl (C=O) groups is 1. The van der Waals surface area contributed by atoms with Crippen LogP contribution in [0.4, 0.5) is 5.69 Å².